The van der Waals surface area contributed by atoms with Crippen molar-refractivity contribution in [3.8, 4) is 28.7 Å². The van der Waals surface area contributed by atoms with Crippen LogP contribution in [0, 0.1) is 0 Å². The minimum Gasteiger partial charge on any atom is -0.495 e. The molecule has 5 aromatic rings. The molecule has 8 heteroatoms. The van der Waals surface area contributed by atoms with Gasteiger partial charge in [0.15, 0.2) is 0 Å². The Labute approximate surface area is 212 Å². The van der Waals surface area contributed by atoms with E-state index in [1.807, 2.05) is 42.5 Å². The highest BCUT2D eigenvalue weighted by Crippen LogP contribution is 2.25. The van der Waals surface area contributed by atoms with Gasteiger partial charge >= 0.3 is 0 Å². The summed E-state index contributed by atoms with van der Waals surface area (Å²) in [5.74, 6) is 0.800. The van der Waals surface area contributed by atoms with Crippen LogP contribution in [-0.2, 0) is 0 Å². The molecule has 0 aliphatic rings. The van der Waals surface area contributed by atoms with Crippen molar-refractivity contribution >= 4 is 23.2 Å². The molecule has 0 aliphatic heterocycles. The highest BCUT2D eigenvalue weighted by atomic mass is 16.5. The topological polar surface area (TPSA) is 106 Å². The summed E-state index contributed by atoms with van der Waals surface area (Å²) in [6.45, 7) is 0. The maximum atomic E-state index is 12.7. The Morgan fingerprint density at radius 2 is 1.19 bits per heavy atom. The highest BCUT2D eigenvalue weighted by Gasteiger charge is 2.13. The van der Waals surface area contributed by atoms with Crippen LogP contribution in [0.5, 0.6) is 5.75 Å². The van der Waals surface area contributed by atoms with Crippen molar-refractivity contribution in [1.29, 1.82) is 0 Å². The van der Waals surface area contributed by atoms with Crippen LogP contribution in [0.3, 0.4) is 0 Å². The number of ether oxygens (including phenoxy) is 1. The molecule has 8 nitrogen and oxygen atoms in total. The summed E-state index contributed by atoms with van der Waals surface area (Å²) in [4.78, 5) is 25.3. The maximum absolute atomic E-state index is 12.7. The molecule has 0 bridgehead atoms. The zero-order valence-corrected chi connectivity index (χ0v) is 19.8. The summed E-state index contributed by atoms with van der Waals surface area (Å²) in [6, 6.07) is 30.2. The van der Waals surface area contributed by atoms with Crippen LogP contribution in [-0.4, -0.2) is 29.1 Å². The van der Waals surface area contributed by atoms with Gasteiger partial charge in [-0.25, -0.2) is 0 Å². The van der Waals surface area contributed by atoms with Crippen LogP contribution in [0.1, 0.15) is 20.7 Å². The molecule has 1 heterocycles. The second-order valence-electron chi connectivity index (χ2n) is 8.04. The van der Waals surface area contributed by atoms with E-state index in [-0.39, 0.29) is 11.8 Å². The first-order valence-electron chi connectivity index (χ1n) is 11.5. The van der Waals surface area contributed by atoms with Crippen molar-refractivity contribution in [3.05, 3.63) is 114 Å². The van der Waals surface area contributed by atoms with Crippen LogP contribution in [0.4, 0.5) is 11.4 Å². The molecule has 1 aromatic heterocycles. The maximum Gasteiger partial charge on any atom is 0.255 e. The average Bonchev–Trinajstić information content (AvgIpc) is 3.45. The van der Waals surface area contributed by atoms with E-state index in [9.17, 15) is 9.59 Å². The zero-order chi connectivity index (χ0) is 25.6. The molecule has 0 fully saturated rings. The smallest absolute Gasteiger partial charge is 0.255 e. The standard InChI is InChI=1S/C29H22N4O4/c1-36-25-10-6-5-9-24(25)31-27(35)20-15-17-23(18-16-20)30-26(34)19-11-13-22(14-12-19)29-33-32-28(37-29)21-7-3-2-4-8-21/h2-18H,1H3,(H,30,34)(H,31,35). The molecule has 0 saturated heterocycles. The highest BCUT2D eigenvalue weighted by molar-refractivity contribution is 6.06. The number of hydrogen-bond acceptors (Lipinski definition) is 6. The Morgan fingerprint density at radius 3 is 1.84 bits per heavy atom. The third-order valence-electron chi connectivity index (χ3n) is 5.60. The molecule has 4 aromatic carbocycles. The van der Waals surface area contributed by atoms with E-state index in [1.54, 1.807) is 67.8 Å². The molecule has 182 valence electrons. The van der Waals surface area contributed by atoms with E-state index in [0.29, 0.717) is 45.6 Å². The zero-order valence-electron chi connectivity index (χ0n) is 19.8. The fourth-order valence-electron chi connectivity index (χ4n) is 3.65. The van der Waals surface area contributed by atoms with Gasteiger partial charge in [0.05, 0.1) is 12.8 Å². The van der Waals surface area contributed by atoms with E-state index in [4.69, 9.17) is 9.15 Å². The van der Waals surface area contributed by atoms with E-state index in [2.05, 4.69) is 20.8 Å². The van der Waals surface area contributed by atoms with E-state index in [1.165, 1.54) is 0 Å². The molecule has 2 N–H and O–H groups in total. The SMILES string of the molecule is COc1ccccc1NC(=O)c1ccc(NC(=O)c2ccc(-c3nnc(-c4ccccc4)o3)cc2)cc1. The second-order valence-corrected chi connectivity index (χ2v) is 8.04. The number of nitrogens with zero attached hydrogens (tertiary/aromatic N) is 2. The summed E-state index contributed by atoms with van der Waals surface area (Å²) in [6.07, 6.45) is 0. The van der Waals surface area contributed by atoms with Gasteiger partial charge in [0.1, 0.15) is 5.75 Å². The normalized spacial score (nSPS) is 10.5. The van der Waals surface area contributed by atoms with Crippen molar-refractivity contribution in [2.24, 2.45) is 0 Å². The summed E-state index contributed by atoms with van der Waals surface area (Å²) in [7, 11) is 1.54. The molecular weight excluding hydrogens is 468 g/mol. The van der Waals surface area contributed by atoms with Crippen LogP contribution < -0.4 is 15.4 Å². The number of carbonyl (C=O) groups is 2. The predicted molar refractivity (Wildman–Crippen MR) is 141 cm³/mol. The number of amides is 2. The summed E-state index contributed by atoms with van der Waals surface area (Å²) in [5.41, 5.74) is 3.59. The molecule has 0 unspecified atom stereocenters. The van der Waals surface area contributed by atoms with Gasteiger partial charge in [-0.1, -0.05) is 30.3 Å². The lowest BCUT2D eigenvalue weighted by Gasteiger charge is -2.10. The molecule has 0 radical (unpaired) electrons. The number of para-hydroxylation sites is 2. The fourth-order valence-corrected chi connectivity index (χ4v) is 3.65. The van der Waals surface area contributed by atoms with Crippen molar-refractivity contribution in [2.75, 3.05) is 17.7 Å². The monoisotopic (exact) mass is 490 g/mol. The lowest BCUT2D eigenvalue weighted by atomic mass is 10.1. The number of benzene rings is 4. The van der Waals surface area contributed by atoms with Crippen LogP contribution in [0.25, 0.3) is 22.9 Å². The number of anilines is 2. The molecule has 0 spiro atoms. The second kappa shape index (κ2) is 10.6. The summed E-state index contributed by atoms with van der Waals surface area (Å²) < 4.78 is 11.0. The third kappa shape index (κ3) is 5.38. The Morgan fingerprint density at radius 1 is 0.649 bits per heavy atom. The number of rotatable bonds is 7. The van der Waals surface area contributed by atoms with Crippen molar-refractivity contribution in [1.82, 2.24) is 10.2 Å². The quantitative estimate of drug-likeness (QED) is 0.293. The van der Waals surface area contributed by atoms with Gasteiger partial charge in [-0.15, -0.1) is 10.2 Å². The van der Waals surface area contributed by atoms with E-state index in [0.717, 1.165) is 5.56 Å². The molecule has 0 saturated carbocycles. The van der Waals surface area contributed by atoms with Gasteiger partial charge in [-0.05, 0) is 72.8 Å². The minimum atomic E-state index is -0.284. The molecule has 5 rings (SSSR count). The van der Waals surface area contributed by atoms with E-state index >= 15 is 0 Å². The van der Waals surface area contributed by atoms with Gasteiger partial charge in [-0.3, -0.25) is 9.59 Å². The first-order chi connectivity index (χ1) is 18.1. The van der Waals surface area contributed by atoms with Crippen molar-refractivity contribution < 1.29 is 18.7 Å². The van der Waals surface area contributed by atoms with Gasteiger partial charge < -0.3 is 19.8 Å². The number of nitrogens with one attached hydrogen (secondary N) is 2. The number of carbonyl (C=O) groups excluding carboxylic acids is 2. The molecule has 37 heavy (non-hydrogen) atoms. The molecular formula is C29H22N4O4. The molecule has 0 atom stereocenters. The van der Waals surface area contributed by atoms with Crippen molar-refractivity contribution in [2.45, 2.75) is 0 Å². The first kappa shape index (κ1) is 23.5. The average molecular weight is 491 g/mol. The lowest BCUT2D eigenvalue weighted by Crippen LogP contribution is -2.14. The Bertz CT molecular complexity index is 1530. The molecule has 2 amide bonds. The summed E-state index contributed by atoms with van der Waals surface area (Å²) in [5, 5.41) is 13.9. The van der Waals surface area contributed by atoms with Gasteiger partial charge in [-0.2, -0.15) is 0 Å². The first-order valence-corrected chi connectivity index (χ1v) is 11.5. The van der Waals surface area contributed by atoms with Crippen molar-refractivity contribution in [3.63, 3.8) is 0 Å². The van der Waals surface area contributed by atoms with Gasteiger partial charge in [0.25, 0.3) is 11.8 Å². The predicted octanol–water partition coefficient (Wildman–Crippen LogP) is 5.92. The van der Waals surface area contributed by atoms with Gasteiger partial charge in [0.2, 0.25) is 11.8 Å². The summed E-state index contributed by atoms with van der Waals surface area (Å²) >= 11 is 0. The minimum absolute atomic E-state index is 0.283. The lowest BCUT2D eigenvalue weighted by molar-refractivity contribution is 0.101. The molecule has 0 aliphatic carbocycles. The third-order valence-corrected chi connectivity index (χ3v) is 5.60. The largest absolute Gasteiger partial charge is 0.495 e. The van der Waals surface area contributed by atoms with E-state index < -0.39 is 0 Å². The van der Waals surface area contributed by atoms with Crippen LogP contribution in [0.2, 0.25) is 0 Å². The Hall–Kier alpha value is -5.24. The Balaban J connectivity index is 1.22. The van der Waals surface area contributed by atoms with Gasteiger partial charge in [0, 0.05) is 27.9 Å². The number of aromatic nitrogens is 2. The number of methoxy groups -OCH3 is 1. The van der Waals surface area contributed by atoms with Crippen LogP contribution >= 0.6 is 0 Å². The van der Waals surface area contributed by atoms with Crippen LogP contribution in [0.15, 0.2) is 108 Å². The fraction of sp³-hybridized carbons (Fsp3) is 0.0345. The number of hydrogen-bond donors (Lipinski definition) is 2. The Kier molecular flexibility index (Phi) is 6.72.